The predicted octanol–water partition coefficient (Wildman–Crippen LogP) is 4.68. The summed E-state index contributed by atoms with van der Waals surface area (Å²) in [7, 11) is 0. The minimum atomic E-state index is -4.81. The molecule has 0 atom stereocenters. The summed E-state index contributed by atoms with van der Waals surface area (Å²) in [6.45, 7) is 0. The lowest BCUT2D eigenvalue weighted by Crippen LogP contribution is -2.51. The van der Waals surface area contributed by atoms with Gasteiger partial charge >= 0.3 is 17.9 Å². The van der Waals surface area contributed by atoms with Crippen LogP contribution in [0.3, 0.4) is 0 Å². The van der Waals surface area contributed by atoms with Crippen molar-refractivity contribution in [1.29, 1.82) is 0 Å². The van der Waals surface area contributed by atoms with E-state index in [0.717, 1.165) is 12.1 Å². The van der Waals surface area contributed by atoms with Crippen molar-refractivity contribution in [3.05, 3.63) is 66.1 Å². The number of halogens is 5. The van der Waals surface area contributed by atoms with E-state index >= 15 is 0 Å². The molecule has 2 aromatic rings. The fourth-order valence-corrected chi connectivity index (χ4v) is 3.93. The number of ether oxygens (including phenoxy) is 1. The number of urea groups is 1. The Morgan fingerprint density at radius 1 is 1.03 bits per heavy atom. The molecule has 9 nitrogen and oxygen atoms in total. The maximum atomic E-state index is 12.9. The fourth-order valence-electron chi connectivity index (χ4n) is 2.59. The first-order valence-corrected chi connectivity index (χ1v) is 9.86. The molecule has 4 amide bonds. The molecule has 0 aromatic heterocycles. The second-order valence-corrected chi connectivity index (χ2v) is 7.91. The molecule has 2 N–H and O–H groups in total. The van der Waals surface area contributed by atoms with E-state index in [-0.39, 0.29) is 15.8 Å². The highest BCUT2D eigenvalue weighted by Crippen LogP contribution is 2.42. The maximum absolute atomic E-state index is 12.9. The van der Waals surface area contributed by atoms with Gasteiger partial charge in [0.2, 0.25) is 5.75 Å². The Hall–Kier alpha value is -3.26. The molecular formula is C18H8Br2F3N3O6. The van der Waals surface area contributed by atoms with Gasteiger partial charge < -0.3 is 4.74 Å². The number of alkyl halides is 3. The highest BCUT2D eigenvalue weighted by Gasteiger charge is 2.34. The van der Waals surface area contributed by atoms with Gasteiger partial charge in [0.15, 0.2) is 0 Å². The molecule has 0 radical (unpaired) electrons. The van der Waals surface area contributed by atoms with Crippen molar-refractivity contribution in [2.75, 3.05) is 0 Å². The van der Waals surface area contributed by atoms with Crippen LogP contribution in [0.5, 0.6) is 11.5 Å². The third kappa shape index (κ3) is 4.96. The molecular weight excluding hydrogens is 571 g/mol. The second kappa shape index (κ2) is 8.70. The van der Waals surface area contributed by atoms with Gasteiger partial charge in [-0.05, 0) is 46.3 Å². The SMILES string of the molecule is O=C1NC(=O)C(=Cc2cc(Br)cc(Br)c2Oc2ccc(C(F)(F)F)cc2[N+](=O)[O-])C(=O)N1. The number of barbiturate groups is 1. The standard InChI is InChI=1S/C18H8Br2F3N3O6/c19-9-3-7(4-10-15(27)24-17(29)25-16(10)28)14(11(20)6-9)32-13-2-1-8(18(21,22)23)5-12(13)26(30)31/h1-6H,(H2,24,25,27,28,29). The molecule has 1 heterocycles. The number of imide groups is 2. The highest BCUT2D eigenvalue weighted by atomic mass is 79.9. The van der Waals surface area contributed by atoms with E-state index in [4.69, 9.17) is 4.74 Å². The minimum Gasteiger partial charge on any atom is -0.448 e. The molecule has 14 heteroatoms. The number of carbonyl (C=O) groups excluding carboxylic acids is 3. The molecule has 3 rings (SSSR count). The number of nitrogens with zero attached hydrogens (tertiary/aromatic N) is 1. The summed E-state index contributed by atoms with van der Waals surface area (Å²) >= 11 is 6.38. The Labute approximate surface area is 193 Å². The smallest absolute Gasteiger partial charge is 0.416 e. The van der Waals surface area contributed by atoms with Crippen molar-refractivity contribution < 1.29 is 37.2 Å². The zero-order chi connectivity index (χ0) is 23.8. The number of hydrogen-bond donors (Lipinski definition) is 2. The number of carbonyl (C=O) groups is 3. The van der Waals surface area contributed by atoms with Gasteiger partial charge in [0.1, 0.15) is 11.3 Å². The van der Waals surface area contributed by atoms with Gasteiger partial charge in [-0.3, -0.25) is 30.3 Å². The van der Waals surface area contributed by atoms with Crippen LogP contribution in [0.1, 0.15) is 11.1 Å². The van der Waals surface area contributed by atoms with E-state index in [1.807, 2.05) is 10.6 Å². The van der Waals surface area contributed by atoms with Gasteiger partial charge in [-0.15, -0.1) is 0 Å². The molecule has 0 bridgehead atoms. The number of rotatable bonds is 4. The maximum Gasteiger partial charge on any atom is 0.416 e. The van der Waals surface area contributed by atoms with Crippen LogP contribution in [-0.4, -0.2) is 22.8 Å². The lowest BCUT2D eigenvalue weighted by atomic mass is 10.1. The fraction of sp³-hybridized carbons (Fsp3) is 0.0556. The van der Waals surface area contributed by atoms with E-state index in [1.165, 1.54) is 12.1 Å². The number of amides is 4. The third-order valence-corrected chi connectivity index (χ3v) is 5.02. The van der Waals surface area contributed by atoms with Crippen molar-refractivity contribution in [2.45, 2.75) is 6.18 Å². The lowest BCUT2D eigenvalue weighted by Gasteiger charge is -2.16. The normalized spacial score (nSPS) is 14.0. The Balaban J connectivity index is 2.12. The lowest BCUT2D eigenvalue weighted by molar-refractivity contribution is -0.385. The minimum absolute atomic E-state index is 0.0510. The first-order chi connectivity index (χ1) is 14.9. The zero-order valence-electron chi connectivity index (χ0n) is 15.3. The molecule has 1 saturated heterocycles. The van der Waals surface area contributed by atoms with Crippen molar-refractivity contribution in [3.63, 3.8) is 0 Å². The van der Waals surface area contributed by atoms with Crippen molar-refractivity contribution in [1.82, 2.24) is 10.6 Å². The summed E-state index contributed by atoms with van der Waals surface area (Å²) in [4.78, 5) is 45.5. The van der Waals surface area contributed by atoms with Crippen molar-refractivity contribution in [2.24, 2.45) is 0 Å². The summed E-state index contributed by atoms with van der Waals surface area (Å²) in [5, 5.41) is 15.1. The number of nitro benzene ring substituents is 1. The molecule has 1 aliphatic rings. The molecule has 32 heavy (non-hydrogen) atoms. The molecule has 0 saturated carbocycles. The number of hydrogen-bond acceptors (Lipinski definition) is 6. The van der Waals surface area contributed by atoms with Crippen molar-refractivity contribution >= 4 is 61.5 Å². The van der Waals surface area contributed by atoms with Crippen molar-refractivity contribution in [3.8, 4) is 11.5 Å². The van der Waals surface area contributed by atoms with E-state index in [1.54, 1.807) is 0 Å². The topological polar surface area (TPSA) is 128 Å². The number of nitrogens with one attached hydrogen (secondary N) is 2. The molecule has 1 aliphatic heterocycles. The summed E-state index contributed by atoms with van der Waals surface area (Å²) in [6.07, 6.45) is -3.76. The zero-order valence-corrected chi connectivity index (χ0v) is 18.4. The van der Waals surface area contributed by atoms with Crippen LogP contribution in [0.15, 0.2) is 44.9 Å². The van der Waals surface area contributed by atoms with Gasteiger partial charge in [-0.25, -0.2) is 4.79 Å². The Morgan fingerprint density at radius 3 is 2.22 bits per heavy atom. The van der Waals surface area contributed by atoms with Gasteiger partial charge in [0, 0.05) is 16.1 Å². The number of benzene rings is 2. The van der Waals surface area contributed by atoms with Crippen LogP contribution in [0.25, 0.3) is 6.08 Å². The van der Waals surface area contributed by atoms with Crippen LogP contribution in [-0.2, 0) is 15.8 Å². The van der Waals surface area contributed by atoms with Gasteiger partial charge in [0.25, 0.3) is 11.8 Å². The van der Waals surface area contributed by atoms with Crippen LogP contribution in [0.2, 0.25) is 0 Å². The molecule has 1 fully saturated rings. The average molecular weight is 579 g/mol. The molecule has 0 aliphatic carbocycles. The van der Waals surface area contributed by atoms with E-state index in [9.17, 15) is 37.7 Å². The molecule has 0 spiro atoms. The first kappa shape index (κ1) is 23.4. The second-order valence-electron chi connectivity index (χ2n) is 6.14. The van der Waals surface area contributed by atoms with E-state index in [2.05, 4.69) is 31.9 Å². The summed E-state index contributed by atoms with van der Waals surface area (Å²) in [5.74, 6) is -2.65. The quantitative estimate of drug-likeness (QED) is 0.235. The predicted molar refractivity (Wildman–Crippen MR) is 110 cm³/mol. The van der Waals surface area contributed by atoms with Crippen LogP contribution < -0.4 is 15.4 Å². The van der Waals surface area contributed by atoms with Crippen LogP contribution >= 0.6 is 31.9 Å². The Bertz CT molecular complexity index is 1190. The monoisotopic (exact) mass is 577 g/mol. The van der Waals surface area contributed by atoms with Gasteiger partial charge in [0.05, 0.1) is 15.0 Å². The van der Waals surface area contributed by atoms with Crippen LogP contribution in [0, 0.1) is 10.1 Å². The van der Waals surface area contributed by atoms with Crippen LogP contribution in [0.4, 0.5) is 23.7 Å². The Kier molecular flexibility index (Phi) is 6.37. The largest absolute Gasteiger partial charge is 0.448 e. The van der Waals surface area contributed by atoms with Gasteiger partial charge in [-0.2, -0.15) is 13.2 Å². The van der Waals surface area contributed by atoms with E-state index < -0.39 is 51.5 Å². The Morgan fingerprint density at radius 2 is 1.66 bits per heavy atom. The molecule has 166 valence electrons. The summed E-state index contributed by atoms with van der Waals surface area (Å²) in [6, 6.07) is 3.57. The summed E-state index contributed by atoms with van der Waals surface area (Å²) in [5.41, 5.74) is -2.61. The number of nitro groups is 1. The molecule has 2 aromatic carbocycles. The average Bonchev–Trinajstić information content (AvgIpc) is 2.66. The highest BCUT2D eigenvalue weighted by molar-refractivity contribution is 9.11. The summed E-state index contributed by atoms with van der Waals surface area (Å²) < 4.78 is 45.0. The molecule has 0 unspecified atom stereocenters. The van der Waals surface area contributed by atoms with Gasteiger partial charge in [-0.1, -0.05) is 15.9 Å². The third-order valence-electron chi connectivity index (χ3n) is 3.98. The first-order valence-electron chi connectivity index (χ1n) is 8.27. The van der Waals surface area contributed by atoms with E-state index in [0.29, 0.717) is 16.6 Å².